The number of para-hydroxylation sites is 1. The summed E-state index contributed by atoms with van der Waals surface area (Å²) in [4.78, 5) is 40.4. The number of benzene rings is 2. The molecule has 0 saturated heterocycles. The second-order valence-corrected chi connectivity index (χ2v) is 10.7. The van der Waals surface area contributed by atoms with Crippen LogP contribution in [-0.4, -0.2) is 17.5 Å². The predicted octanol–water partition coefficient (Wildman–Crippen LogP) is 5.56. The van der Waals surface area contributed by atoms with E-state index >= 15 is 0 Å². The van der Waals surface area contributed by atoms with Gasteiger partial charge in [-0.3, -0.25) is 14.4 Å². The van der Waals surface area contributed by atoms with E-state index in [4.69, 9.17) is 0 Å². The number of amides is 1. The number of ketones is 2. The average Bonchev–Trinajstić information content (AvgIpc) is 2.73. The summed E-state index contributed by atoms with van der Waals surface area (Å²) in [5, 5.41) is 0. The topological polar surface area (TPSA) is 54.5 Å². The van der Waals surface area contributed by atoms with Gasteiger partial charge < -0.3 is 4.90 Å². The van der Waals surface area contributed by atoms with Gasteiger partial charge in [-0.05, 0) is 35.6 Å². The summed E-state index contributed by atoms with van der Waals surface area (Å²) in [5.74, 6) is 5.42. The van der Waals surface area contributed by atoms with Crippen molar-refractivity contribution in [1.29, 1.82) is 0 Å². The van der Waals surface area contributed by atoms with Crippen molar-refractivity contribution in [2.75, 3.05) is 4.90 Å². The zero-order chi connectivity index (χ0) is 24.4. The molecule has 0 aliphatic carbocycles. The van der Waals surface area contributed by atoms with Crippen LogP contribution in [0.25, 0.3) is 0 Å². The highest BCUT2D eigenvalue weighted by Crippen LogP contribution is 2.40. The fourth-order valence-corrected chi connectivity index (χ4v) is 4.71. The maximum absolute atomic E-state index is 14.0. The molecule has 4 nitrogen and oxygen atoms in total. The number of rotatable bonds is 7. The van der Waals surface area contributed by atoms with Gasteiger partial charge in [-0.15, -0.1) is 0 Å². The van der Waals surface area contributed by atoms with Gasteiger partial charge in [0.15, 0.2) is 5.78 Å². The number of Topliss-reactive ketones (excluding diaryl/α,β-unsaturated/α-hetero) is 2. The van der Waals surface area contributed by atoms with Crippen molar-refractivity contribution >= 4 is 23.2 Å². The molecule has 1 amide bonds. The molecule has 0 fully saturated rings. The number of nitrogens with zero attached hydrogens (tertiary/aromatic N) is 1. The molecule has 0 saturated carbocycles. The van der Waals surface area contributed by atoms with Crippen molar-refractivity contribution in [3.63, 3.8) is 0 Å². The summed E-state index contributed by atoms with van der Waals surface area (Å²) < 4.78 is 0. The summed E-state index contributed by atoms with van der Waals surface area (Å²) in [5.41, 5.74) is 2.27. The summed E-state index contributed by atoms with van der Waals surface area (Å²) in [6.45, 7) is 11.7. The lowest BCUT2D eigenvalue weighted by Crippen LogP contribution is -2.44. The number of anilines is 1. The van der Waals surface area contributed by atoms with E-state index < -0.39 is 10.8 Å². The molecular formula is C29H33NO3. The SMILES string of the molecule is CC(C)C(=O)C(=O)CC(C)(C)CC(C)(C)C(=O)N1Cc2ccccc2C#Cc2ccccc21. The van der Waals surface area contributed by atoms with Crippen molar-refractivity contribution < 1.29 is 14.4 Å². The van der Waals surface area contributed by atoms with E-state index in [2.05, 4.69) is 11.8 Å². The highest BCUT2D eigenvalue weighted by Gasteiger charge is 2.40. The number of fused-ring (bicyclic) bond motifs is 2. The minimum Gasteiger partial charge on any atom is -0.306 e. The Morgan fingerprint density at radius 2 is 1.48 bits per heavy atom. The van der Waals surface area contributed by atoms with Crippen molar-refractivity contribution in [3.05, 3.63) is 65.2 Å². The lowest BCUT2D eigenvalue weighted by atomic mass is 9.71. The number of hydrogen-bond acceptors (Lipinski definition) is 3. The Hall–Kier alpha value is -3.19. The second-order valence-electron chi connectivity index (χ2n) is 10.7. The molecule has 0 spiro atoms. The van der Waals surface area contributed by atoms with Crippen LogP contribution >= 0.6 is 0 Å². The van der Waals surface area contributed by atoms with Crippen LogP contribution < -0.4 is 4.90 Å². The zero-order valence-corrected chi connectivity index (χ0v) is 20.5. The molecular weight excluding hydrogens is 410 g/mol. The zero-order valence-electron chi connectivity index (χ0n) is 20.5. The van der Waals surface area contributed by atoms with Gasteiger partial charge in [0.2, 0.25) is 11.7 Å². The van der Waals surface area contributed by atoms with Gasteiger partial charge in [0.1, 0.15) is 0 Å². The first kappa shape index (κ1) is 24.5. The van der Waals surface area contributed by atoms with Crippen LogP contribution in [0.3, 0.4) is 0 Å². The summed E-state index contributed by atoms with van der Waals surface area (Å²) >= 11 is 0. The largest absolute Gasteiger partial charge is 0.306 e. The number of carbonyl (C=O) groups excluding carboxylic acids is 3. The quantitative estimate of drug-likeness (QED) is 0.416. The van der Waals surface area contributed by atoms with E-state index in [0.29, 0.717) is 13.0 Å². The van der Waals surface area contributed by atoms with Crippen molar-refractivity contribution in [2.24, 2.45) is 16.7 Å². The van der Waals surface area contributed by atoms with Gasteiger partial charge >= 0.3 is 0 Å². The molecule has 1 heterocycles. The van der Waals surface area contributed by atoms with Crippen LogP contribution in [0.2, 0.25) is 0 Å². The average molecular weight is 444 g/mol. The third-order valence-electron chi connectivity index (χ3n) is 6.06. The maximum Gasteiger partial charge on any atom is 0.233 e. The fourth-order valence-electron chi connectivity index (χ4n) is 4.71. The Balaban J connectivity index is 1.92. The second kappa shape index (κ2) is 9.35. The minimum atomic E-state index is -0.751. The van der Waals surface area contributed by atoms with Crippen LogP contribution in [0, 0.1) is 28.6 Å². The molecule has 2 aromatic rings. The van der Waals surface area contributed by atoms with Gasteiger partial charge in [-0.2, -0.15) is 0 Å². The van der Waals surface area contributed by atoms with Crippen molar-refractivity contribution in [2.45, 2.75) is 60.9 Å². The van der Waals surface area contributed by atoms with Gasteiger partial charge in [-0.25, -0.2) is 0 Å². The maximum atomic E-state index is 14.0. The molecule has 0 N–H and O–H groups in total. The van der Waals surface area contributed by atoms with Crippen LogP contribution in [0.15, 0.2) is 48.5 Å². The first-order valence-electron chi connectivity index (χ1n) is 11.5. The lowest BCUT2D eigenvalue weighted by molar-refractivity contribution is -0.140. The van der Waals surface area contributed by atoms with E-state index in [-0.39, 0.29) is 29.8 Å². The smallest absolute Gasteiger partial charge is 0.233 e. The molecule has 1 aliphatic heterocycles. The molecule has 0 atom stereocenters. The molecule has 3 rings (SSSR count). The molecule has 33 heavy (non-hydrogen) atoms. The molecule has 172 valence electrons. The molecule has 0 unspecified atom stereocenters. The van der Waals surface area contributed by atoms with E-state index in [1.54, 1.807) is 13.8 Å². The number of carbonyl (C=O) groups is 3. The minimum absolute atomic E-state index is 0.0239. The van der Waals surface area contributed by atoms with E-state index in [1.165, 1.54) is 0 Å². The lowest BCUT2D eigenvalue weighted by Gasteiger charge is -2.38. The molecule has 2 aromatic carbocycles. The number of hydrogen-bond donors (Lipinski definition) is 0. The molecule has 0 radical (unpaired) electrons. The predicted molar refractivity (Wildman–Crippen MR) is 132 cm³/mol. The fraction of sp³-hybridized carbons (Fsp3) is 0.414. The van der Waals surface area contributed by atoms with Crippen molar-refractivity contribution in [1.82, 2.24) is 0 Å². The third kappa shape index (κ3) is 5.60. The van der Waals surface area contributed by atoms with Gasteiger partial charge in [0.25, 0.3) is 0 Å². The normalized spacial score (nSPS) is 13.2. The van der Waals surface area contributed by atoms with Crippen LogP contribution in [0.4, 0.5) is 5.69 Å². The molecule has 0 aromatic heterocycles. The van der Waals surface area contributed by atoms with Crippen LogP contribution in [0.5, 0.6) is 0 Å². The van der Waals surface area contributed by atoms with E-state index in [0.717, 1.165) is 22.4 Å². The standard InChI is InChI=1S/C29H33NO3/c1-20(2)26(32)25(31)17-28(3,4)19-29(5,6)27(33)30-18-23-13-8-7-11-21(23)15-16-22-12-9-10-14-24(22)30/h7-14,20H,17-19H2,1-6H3. The summed E-state index contributed by atoms with van der Waals surface area (Å²) in [6.07, 6.45) is 0.605. The highest BCUT2D eigenvalue weighted by molar-refractivity contribution is 6.37. The monoisotopic (exact) mass is 443 g/mol. The first-order valence-corrected chi connectivity index (χ1v) is 11.5. The van der Waals surface area contributed by atoms with Crippen LogP contribution in [-0.2, 0) is 20.9 Å². The molecule has 0 bridgehead atoms. The first-order chi connectivity index (χ1) is 15.4. The molecule has 4 heteroatoms. The van der Waals surface area contributed by atoms with Crippen LogP contribution in [0.1, 0.15) is 71.1 Å². The third-order valence-corrected chi connectivity index (χ3v) is 6.06. The Kier molecular flexibility index (Phi) is 6.93. The van der Waals surface area contributed by atoms with E-state index in [1.807, 2.05) is 81.1 Å². The summed E-state index contributed by atoms with van der Waals surface area (Å²) in [6, 6.07) is 15.6. The van der Waals surface area contributed by atoms with Crippen molar-refractivity contribution in [3.8, 4) is 11.8 Å². The van der Waals surface area contributed by atoms with E-state index in [9.17, 15) is 14.4 Å². The summed E-state index contributed by atoms with van der Waals surface area (Å²) in [7, 11) is 0. The Morgan fingerprint density at radius 1 is 0.909 bits per heavy atom. The van der Waals surface area contributed by atoms with Gasteiger partial charge in [-0.1, -0.05) is 83.7 Å². The Bertz CT molecular complexity index is 1140. The highest BCUT2D eigenvalue weighted by atomic mass is 16.2. The van der Waals surface area contributed by atoms with Gasteiger partial charge in [0.05, 0.1) is 12.2 Å². The Labute approximate surface area is 197 Å². The Morgan fingerprint density at radius 3 is 2.15 bits per heavy atom. The molecule has 1 aliphatic rings. The van der Waals surface area contributed by atoms with Gasteiger partial charge in [0, 0.05) is 28.9 Å².